The van der Waals surface area contributed by atoms with Crippen LogP contribution in [-0.4, -0.2) is 16.7 Å². The minimum absolute atomic E-state index is 0.105. The lowest BCUT2D eigenvalue weighted by atomic mass is 9.90. The van der Waals surface area contributed by atoms with Crippen molar-refractivity contribution in [3.63, 3.8) is 0 Å². The first-order valence-corrected chi connectivity index (χ1v) is 8.72. The van der Waals surface area contributed by atoms with Crippen LogP contribution in [0.15, 0.2) is 30.3 Å². The summed E-state index contributed by atoms with van der Waals surface area (Å²) < 4.78 is 0. The van der Waals surface area contributed by atoms with Gasteiger partial charge in [0.15, 0.2) is 0 Å². The number of hydrogen-bond acceptors (Lipinski definition) is 5. The third-order valence-electron chi connectivity index (χ3n) is 4.16. The van der Waals surface area contributed by atoms with Crippen LogP contribution < -0.4 is 10.9 Å². The van der Waals surface area contributed by atoms with Crippen LogP contribution in [-0.2, 0) is 12.8 Å². The molecule has 1 aliphatic rings. The number of nitrogens with one attached hydrogen (secondary N) is 2. The van der Waals surface area contributed by atoms with Crippen LogP contribution in [0, 0.1) is 16.0 Å². The smallest absolute Gasteiger partial charge is 0.267 e. The number of nitrogens with zero attached hydrogens (tertiary/aromatic N) is 1. The largest absolute Gasteiger partial charge is 0.279 e. The monoisotopic (exact) mass is 359 g/mol. The molecule has 8 heteroatoms. The van der Waals surface area contributed by atoms with Gasteiger partial charge < -0.3 is 0 Å². The van der Waals surface area contributed by atoms with Gasteiger partial charge in [0.2, 0.25) is 0 Å². The van der Waals surface area contributed by atoms with Crippen LogP contribution in [0.2, 0.25) is 0 Å². The Bertz CT molecular complexity index is 846. The molecule has 1 heterocycles. The number of hydrazine groups is 1. The maximum absolute atomic E-state index is 12.2. The van der Waals surface area contributed by atoms with E-state index in [1.807, 2.05) is 6.07 Å². The van der Waals surface area contributed by atoms with Crippen molar-refractivity contribution in [1.82, 2.24) is 10.9 Å². The van der Waals surface area contributed by atoms with E-state index in [9.17, 15) is 19.7 Å². The highest BCUT2D eigenvalue weighted by atomic mass is 32.1. The second-order valence-electron chi connectivity index (χ2n) is 6.12. The normalized spacial score (nSPS) is 16.0. The lowest BCUT2D eigenvalue weighted by Gasteiger charge is -2.16. The highest BCUT2D eigenvalue weighted by Crippen LogP contribution is 2.32. The Morgan fingerprint density at radius 2 is 2.00 bits per heavy atom. The Balaban J connectivity index is 1.63. The topological polar surface area (TPSA) is 101 Å². The summed E-state index contributed by atoms with van der Waals surface area (Å²) in [4.78, 5) is 36.2. The number of nitro groups is 1. The van der Waals surface area contributed by atoms with Gasteiger partial charge in [-0.2, -0.15) is 0 Å². The molecule has 1 atom stereocenters. The van der Waals surface area contributed by atoms with E-state index in [2.05, 4.69) is 17.8 Å². The minimum atomic E-state index is -0.605. The van der Waals surface area contributed by atoms with E-state index in [4.69, 9.17) is 0 Å². The minimum Gasteiger partial charge on any atom is -0.267 e. The van der Waals surface area contributed by atoms with E-state index in [1.165, 1.54) is 40.0 Å². The number of aryl methyl sites for hydroxylation is 1. The fourth-order valence-corrected chi connectivity index (χ4v) is 3.93. The average molecular weight is 359 g/mol. The summed E-state index contributed by atoms with van der Waals surface area (Å²) in [7, 11) is 0. The van der Waals surface area contributed by atoms with Crippen LogP contribution >= 0.6 is 11.3 Å². The Morgan fingerprint density at radius 3 is 2.76 bits per heavy atom. The van der Waals surface area contributed by atoms with Gasteiger partial charge in [-0.05, 0) is 42.9 Å². The number of hydrogen-bond donors (Lipinski definition) is 2. The number of thiophene rings is 1. The van der Waals surface area contributed by atoms with E-state index >= 15 is 0 Å². The lowest BCUT2D eigenvalue weighted by Crippen LogP contribution is -2.41. The van der Waals surface area contributed by atoms with Gasteiger partial charge in [-0.15, -0.1) is 11.3 Å². The van der Waals surface area contributed by atoms with Crippen LogP contribution in [0.4, 0.5) is 5.69 Å². The maximum atomic E-state index is 12.2. The molecule has 0 bridgehead atoms. The fraction of sp³-hybridized carbons (Fsp3) is 0.294. The molecule has 0 spiro atoms. The average Bonchev–Trinajstić information content (AvgIpc) is 3.02. The molecule has 7 nitrogen and oxygen atoms in total. The molecule has 0 saturated heterocycles. The van der Waals surface area contributed by atoms with Crippen molar-refractivity contribution in [3.05, 3.63) is 61.3 Å². The Labute approximate surface area is 148 Å². The Kier molecular flexibility index (Phi) is 4.80. The second-order valence-corrected chi connectivity index (χ2v) is 7.26. The number of benzene rings is 1. The molecule has 3 rings (SSSR count). The second kappa shape index (κ2) is 7.02. The number of non-ortho nitro benzene ring substituents is 1. The summed E-state index contributed by atoms with van der Waals surface area (Å²) in [5.74, 6) is -0.371. The molecule has 0 aliphatic heterocycles. The first-order valence-electron chi connectivity index (χ1n) is 7.90. The highest BCUT2D eigenvalue weighted by Gasteiger charge is 2.21. The number of carbonyl (C=O) groups is 2. The maximum Gasteiger partial charge on any atom is 0.279 e. The molecular formula is C17H17N3O4S. The standard InChI is InChI=1S/C17H17N3O4S/c1-10-5-6-14-12(7-10)9-15(25-14)17(22)19-18-16(21)11-3-2-4-13(8-11)20(23)24/h2-4,8-10H,5-7H2,1H3,(H,18,21)(H,19,22). The van der Waals surface area contributed by atoms with Crippen molar-refractivity contribution in [2.75, 3.05) is 0 Å². The SMILES string of the molecule is CC1CCc2sc(C(=O)NNC(=O)c3cccc([N+](=O)[O-])c3)cc2C1. The van der Waals surface area contributed by atoms with Gasteiger partial charge in [0.05, 0.1) is 9.80 Å². The van der Waals surface area contributed by atoms with Gasteiger partial charge in [-0.25, -0.2) is 0 Å². The van der Waals surface area contributed by atoms with Gasteiger partial charge in [0.25, 0.3) is 17.5 Å². The molecule has 1 aliphatic carbocycles. The fourth-order valence-electron chi connectivity index (χ4n) is 2.83. The molecule has 2 aromatic rings. The quantitative estimate of drug-likeness (QED) is 0.650. The van der Waals surface area contributed by atoms with Gasteiger partial charge in [0.1, 0.15) is 0 Å². The van der Waals surface area contributed by atoms with Crippen LogP contribution in [0.3, 0.4) is 0 Å². The first-order chi connectivity index (χ1) is 11.9. The van der Waals surface area contributed by atoms with Crippen molar-refractivity contribution in [2.24, 2.45) is 5.92 Å². The van der Waals surface area contributed by atoms with Gasteiger partial charge in [-0.1, -0.05) is 13.0 Å². The van der Waals surface area contributed by atoms with Gasteiger partial charge >= 0.3 is 0 Å². The molecular weight excluding hydrogens is 342 g/mol. The summed E-state index contributed by atoms with van der Waals surface area (Å²) >= 11 is 1.45. The molecule has 1 aromatic heterocycles. The van der Waals surface area contributed by atoms with E-state index in [-0.39, 0.29) is 17.2 Å². The van der Waals surface area contributed by atoms with E-state index < -0.39 is 10.8 Å². The lowest BCUT2D eigenvalue weighted by molar-refractivity contribution is -0.384. The molecule has 130 valence electrons. The van der Waals surface area contributed by atoms with Gasteiger partial charge in [-0.3, -0.25) is 30.6 Å². The Hall–Kier alpha value is -2.74. The van der Waals surface area contributed by atoms with Crippen molar-refractivity contribution in [3.8, 4) is 0 Å². The van der Waals surface area contributed by atoms with Gasteiger partial charge in [0, 0.05) is 22.6 Å². The highest BCUT2D eigenvalue weighted by molar-refractivity contribution is 7.14. The van der Waals surface area contributed by atoms with E-state index in [0.717, 1.165) is 25.3 Å². The third-order valence-corrected chi connectivity index (χ3v) is 5.40. The molecule has 2 amide bonds. The summed E-state index contributed by atoms with van der Waals surface area (Å²) in [5.41, 5.74) is 5.80. The molecule has 1 aromatic carbocycles. The molecule has 25 heavy (non-hydrogen) atoms. The zero-order valence-corrected chi connectivity index (χ0v) is 14.4. The van der Waals surface area contributed by atoms with Crippen LogP contribution in [0.1, 0.15) is 43.8 Å². The summed E-state index contributed by atoms with van der Waals surface area (Å²) in [5, 5.41) is 10.8. The van der Waals surface area contributed by atoms with Crippen LogP contribution in [0.25, 0.3) is 0 Å². The number of nitro benzene ring substituents is 1. The summed E-state index contributed by atoms with van der Waals surface area (Å²) in [6.07, 6.45) is 3.08. The number of carbonyl (C=O) groups excluding carboxylic acids is 2. The zero-order chi connectivity index (χ0) is 18.0. The molecule has 0 fully saturated rings. The molecule has 1 unspecified atom stereocenters. The van der Waals surface area contributed by atoms with Crippen molar-refractivity contribution < 1.29 is 14.5 Å². The molecule has 0 radical (unpaired) electrons. The first kappa shape index (κ1) is 17.1. The third kappa shape index (κ3) is 3.85. The number of rotatable bonds is 3. The number of amides is 2. The zero-order valence-electron chi connectivity index (χ0n) is 13.6. The molecule has 2 N–H and O–H groups in total. The molecule has 0 saturated carbocycles. The number of fused-ring (bicyclic) bond motifs is 1. The van der Waals surface area contributed by atoms with Crippen molar-refractivity contribution in [1.29, 1.82) is 0 Å². The summed E-state index contributed by atoms with van der Waals surface area (Å²) in [6.45, 7) is 2.19. The summed E-state index contributed by atoms with van der Waals surface area (Å²) in [6, 6.07) is 7.20. The van der Waals surface area contributed by atoms with Crippen LogP contribution in [0.5, 0.6) is 0 Å². The van der Waals surface area contributed by atoms with Crippen molar-refractivity contribution in [2.45, 2.75) is 26.2 Å². The Morgan fingerprint density at radius 1 is 1.24 bits per heavy atom. The predicted octanol–water partition coefficient (Wildman–Crippen LogP) is 2.86. The van der Waals surface area contributed by atoms with E-state index in [0.29, 0.717) is 10.8 Å². The predicted molar refractivity (Wildman–Crippen MR) is 93.5 cm³/mol. The van der Waals surface area contributed by atoms with E-state index in [1.54, 1.807) is 0 Å². The van der Waals surface area contributed by atoms with Crippen molar-refractivity contribution >= 4 is 28.8 Å².